The molecule has 0 aliphatic rings. The first-order chi connectivity index (χ1) is 10.6. The SMILES string of the molecule is Cc1cc(C)c([N+](=O)[O-])c(C)c1C(=O)N[C@H](CC(C)C)C(=O)O. The number of carbonyl (C=O) groups is 2. The highest BCUT2D eigenvalue weighted by molar-refractivity contribution is 6.00. The third kappa shape index (κ3) is 4.28. The van der Waals surface area contributed by atoms with Crippen molar-refractivity contribution in [3.8, 4) is 0 Å². The molecule has 0 aliphatic carbocycles. The minimum absolute atomic E-state index is 0.0888. The Morgan fingerprint density at radius 3 is 2.26 bits per heavy atom. The molecule has 0 spiro atoms. The molecule has 23 heavy (non-hydrogen) atoms. The Morgan fingerprint density at radius 1 is 1.26 bits per heavy atom. The van der Waals surface area contributed by atoms with Gasteiger partial charge in [-0.25, -0.2) is 4.79 Å². The number of nitrogens with one attached hydrogen (secondary N) is 1. The van der Waals surface area contributed by atoms with Gasteiger partial charge in [0.15, 0.2) is 0 Å². The van der Waals surface area contributed by atoms with Gasteiger partial charge >= 0.3 is 5.97 Å². The van der Waals surface area contributed by atoms with Crippen molar-refractivity contribution in [1.82, 2.24) is 5.32 Å². The van der Waals surface area contributed by atoms with Gasteiger partial charge in [0.2, 0.25) is 0 Å². The summed E-state index contributed by atoms with van der Waals surface area (Å²) >= 11 is 0. The number of carboxylic acids is 1. The fourth-order valence-electron chi connectivity index (χ4n) is 2.73. The largest absolute Gasteiger partial charge is 0.480 e. The van der Waals surface area contributed by atoms with Crippen LogP contribution in [0.25, 0.3) is 0 Å². The number of amides is 1. The molecule has 2 N–H and O–H groups in total. The number of rotatable bonds is 6. The molecule has 126 valence electrons. The molecule has 0 aliphatic heterocycles. The molecule has 0 heterocycles. The smallest absolute Gasteiger partial charge is 0.326 e. The van der Waals surface area contributed by atoms with Crippen molar-refractivity contribution in [3.63, 3.8) is 0 Å². The predicted octanol–water partition coefficient (Wildman–Crippen LogP) is 2.75. The van der Waals surface area contributed by atoms with E-state index in [0.717, 1.165) is 0 Å². The molecule has 1 amide bonds. The van der Waals surface area contributed by atoms with Crippen LogP contribution in [0.3, 0.4) is 0 Å². The van der Waals surface area contributed by atoms with Crippen LogP contribution in [-0.4, -0.2) is 27.9 Å². The maximum atomic E-state index is 12.5. The molecule has 7 nitrogen and oxygen atoms in total. The number of benzene rings is 1. The number of nitrogens with zero attached hydrogens (tertiary/aromatic N) is 1. The lowest BCUT2D eigenvalue weighted by atomic mass is 9.96. The van der Waals surface area contributed by atoms with E-state index in [4.69, 9.17) is 0 Å². The van der Waals surface area contributed by atoms with Crippen LogP contribution in [0.4, 0.5) is 5.69 Å². The van der Waals surface area contributed by atoms with Crippen LogP contribution in [0.5, 0.6) is 0 Å². The van der Waals surface area contributed by atoms with E-state index in [9.17, 15) is 24.8 Å². The lowest BCUT2D eigenvalue weighted by Gasteiger charge is -2.18. The van der Waals surface area contributed by atoms with Gasteiger partial charge in [0.1, 0.15) is 6.04 Å². The molecule has 0 saturated carbocycles. The predicted molar refractivity (Wildman–Crippen MR) is 85.7 cm³/mol. The Hall–Kier alpha value is -2.44. The molecular formula is C16H22N2O5. The van der Waals surface area contributed by atoms with E-state index in [1.807, 2.05) is 13.8 Å². The second-order valence-corrected chi connectivity index (χ2v) is 6.11. The average molecular weight is 322 g/mol. The Labute approximate surface area is 134 Å². The first kappa shape index (κ1) is 18.6. The van der Waals surface area contributed by atoms with Crippen molar-refractivity contribution < 1.29 is 19.6 Å². The standard InChI is InChI=1S/C16H22N2O5/c1-8(2)6-12(16(20)21)17-15(19)13-9(3)7-10(4)14(11(13)5)18(22)23/h7-8,12H,6H2,1-5H3,(H,17,19)(H,20,21)/t12-/m1/s1. The zero-order chi connectivity index (χ0) is 17.9. The summed E-state index contributed by atoms with van der Waals surface area (Å²) in [6, 6.07) is 0.541. The number of nitro benzene ring substituents is 1. The van der Waals surface area contributed by atoms with Crippen LogP contribution in [0.2, 0.25) is 0 Å². The highest BCUT2D eigenvalue weighted by Gasteiger charge is 2.27. The molecule has 0 aromatic heterocycles. The molecular weight excluding hydrogens is 300 g/mol. The number of aliphatic carboxylic acids is 1. The van der Waals surface area contributed by atoms with Gasteiger partial charge in [-0.1, -0.05) is 13.8 Å². The summed E-state index contributed by atoms with van der Waals surface area (Å²) < 4.78 is 0. The number of carboxylic acid groups (broad SMARTS) is 1. The second kappa shape index (κ2) is 7.21. The molecule has 0 unspecified atom stereocenters. The van der Waals surface area contributed by atoms with Gasteiger partial charge in [0.25, 0.3) is 11.6 Å². The summed E-state index contributed by atoms with van der Waals surface area (Å²) in [7, 11) is 0. The van der Waals surface area contributed by atoms with Gasteiger partial charge in [0.05, 0.1) is 10.5 Å². The normalized spacial score (nSPS) is 12.1. The fraction of sp³-hybridized carbons (Fsp3) is 0.500. The van der Waals surface area contributed by atoms with E-state index in [1.54, 1.807) is 19.9 Å². The van der Waals surface area contributed by atoms with Crippen LogP contribution in [0.15, 0.2) is 6.07 Å². The van der Waals surface area contributed by atoms with Crippen LogP contribution in [0.1, 0.15) is 47.3 Å². The molecule has 1 rings (SSSR count). The molecule has 7 heteroatoms. The van der Waals surface area contributed by atoms with E-state index < -0.39 is 22.8 Å². The highest BCUT2D eigenvalue weighted by Crippen LogP contribution is 2.28. The van der Waals surface area contributed by atoms with Gasteiger partial charge in [0, 0.05) is 11.1 Å². The van der Waals surface area contributed by atoms with E-state index >= 15 is 0 Å². The third-order valence-electron chi connectivity index (χ3n) is 3.65. The maximum absolute atomic E-state index is 12.5. The Kier molecular flexibility index (Phi) is 5.84. The number of aryl methyl sites for hydroxylation is 2. The van der Waals surface area contributed by atoms with Crippen molar-refractivity contribution in [2.45, 2.75) is 47.1 Å². The van der Waals surface area contributed by atoms with Crippen LogP contribution >= 0.6 is 0 Å². The van der Waals surface area contributed by atoms with E-state index in [-0.39, 0.29) is 29.2 Å². The number of carbonyl (C=O) groups excluding carboxylic acids is 1. The highest BCUT2D eigenvalue weighted by atomic mass is 16.6. The Balaban J connectivity index is 3.25. The minimum Gasteiger partial charge on any atom is -0.480 e. The van der Waals surface area contributed by atoms with Gasteiger partial charge in [-0.15, -0.1) is 0 Å². The Bertz CT molecular complexity index is 652. The van der Waals surface area contributed by atoms with E-state index in [2.05, 4.69) is 5.32 Å². The summed E-state index contributed by atoms with van der Waals surface area (Å²) in [5.74, 6) is -1.63. The summed E-state index contributed by atoms with van der Waals surface area (Å²) in [5.41, 5.74) is 1.35. The first-order valence-corrected chi connectivity index (χ1v) is 7.35. The summed E-state index contributed by atoms with van der Waals surface area (Å²) in [6.07, 6.45) is 0.285. The number of hydrogen-bond donors (Lipinski definition) is 2. The molecule has 0 radical (unpaired) electrons. The minimum atomic E-state index is -1.12. The molecule has 0 saturated heterocycles. The zero-order valence-corrected chi connectivity index (χ0v) is 14.0. The molecule has 1 atom stereocenters. The van der Waals surface area contributed by atoms with Crippen LogP contribution in [0, 0.1) is 36.8 Å². The van der Waals surface area contributed by atoms with Crippen molar-refractivity contribution in [2.24, 2.45) is 5.92 Å². The van der Waals surface area contributed by atoms with Gasteiger partial charge < -0.3 is 10.4 Å². The Morgan fingerprint density at radius 2 is 1.83 bits per heavy atom. The number of nitro groups is 1. The summed E-state index contributed by atoms with van der Waals surface area (Å²) in [4.78, 5) is 34.4. The van der Waals surface area contributed by atoms with Crippen molar-refractivity contribution in [2.75, 3.05) is 0 Å². The zero-order valence-electron chi connectivity index (χ0n) is 14.0. The lowest BCUT2D eigenvalue weighted by Crippen LogP contribution is -2.42. The molecule has 0 bridgehead atoms. The summed E-state index contributed by atoms with van der Waals surface area (Å²) in [6.45, 7) is 8.51. The molecule has 1 aromatic carbocycles. The molecule has 1 aromatic rings. The summed E-state index contributed by atoms with van der Waals surface area (Å²) in [5, 5.41) is 22.9. The van der Waals surface area contributed by atoms with Crippen LogP contribution < -0.4 is 5.32 Å². The van der Waals surface area contributed by atoms with E-state index in [0.29, 0.717) is 11.1 Å². The van der Waals surface area contributed by atoms with Crippen LogP contribution in [-0.2, 0) is 4.79 Å². The monoisotopic (exact) mass is 322 g/mol. The van der Waals surface area contributed by atoms with Gasteiger partial charge in [-0.2, -0.15) is 0 Å². The van der Waals surface area contributed by atoms with E-state index in [1.165, 1.54) is 6.92 Å². The van der Waals surface area contributed by atoms with Crippen molar-refractivity contribution >= 4 is 17.6 Å². The quantitative estimate of drug-likeness (QED) is 0.618. The second-order valence-electron chi connectivity index (χ2n) is 6.11. The number of hydrogen-bond acceptors (Lipinski definition) is 4. The van der Waals surface area contributed by atoms with Gasteiger partial charge in [-0.05, 0) is 44.7 Å². The topological polar surface area (TPSA) is 110 Å². The first-order valence-electron chi connectivity index (χ1n) is 7.35. The van der Waals surface area contributed by atoms with Gasteiger partial charge in [-0.3, -0.25) is 14.9 Å². The average Bonchev–Trinajstić information content (AvgIpc) is 2.35. The van der Waals surface area contributed by atoms with Crippen molar-refractivity contribution in [1.29, 1.82) is 0 Å². The fourth-order valence-corrected chi connectivity index (χ4v) is 2.73. The lowest BCUT2D eigenvalue weighted by molar-refractivity contribution is -0.386. The maximum Gasteiger partial charge on any atom is 0.326 e. The molecule has 0 fully saturated rings. The third-order valence-corrected chi connectivity index (χ3v) is 3.65. The van der Waals surface area contributed by atoms with Crippen molar-refractivity contribution in [3.05, 3.63) is 38.4 Å².